The van der Waals surface area contributed by atoms with Gasteiger partial charge in [0.15, 0.2) is 5.11 Å². The molecule has 1 saturated carbocycles. The van der Waals surface area contributed by atoms with Crippen molar-refractivity contribution < 1.29 is 0 Å². The molecule has 2 bridgehead atoms. The Bertz CT molecular complexity index is 518. The van der Waals surface area contributed by atoms with Crippen LogP contribution in [0.4, 0.5) is 5.69 Å². The van der Waals surface area contributed by atoms with Crippen LogP contribution >= 0.6 is 12.2 Å². The summed E-state index contributed by atoms with van der Waals surface area (Å²) in [5.41, 5.74) is 2.42. The Morgan fingerprint density at radius 3 is 2.45 bits per heavy atom. The molecule has 2 aliphatic carbocycles. The third-order valence-electron chi connectivity index (χ3n) is 4.43. The van der Waals surface area contributed by atoms with Crippen LogP contribution in [0.3, 0.4) is 0 Å². The van der Waals surface area contributed by atoms with Crippen LogP contribution in [-0.2, 0) is 0 Å². The van der Waals surface area contributed by atoms with Gasteiger partial charge in [-0.2, -0.15) is 0 Å². The molecule has 3 heteroatoms. The number of rotatable bonds is 3. The zero-order chi connectivity index (χ0) is 14.1. The number of fused-ring (bicyclic) bond motifs is 2. The van der Waals surface area contributed by atoms with Crippen molar-refractivity contribution in [3.05, 3.63) is 42.0 Å². The van der Waals surface area contributed by atoms with Gasteiger partial charge >= 0.3 is 0 Å². The number of nitrogens with one attached hydrogen (secondary N) is 2. The Morgan fingerprint density at radius 1 is 1.15 bits per heavy atom. The number of allylic oxidation sites excluding steroid dienone is 1. The third-order valence-corrected chi connectivity index (χ3v) is 4.65. The Hall–Kier alpha value is -1.35. The standard InChI is InChI=1S/C17H22N2S/c1-11(2)13-5-7-15(8-6-13)18-17(20)19-16-10-12-3-4-14(16)9-12/h3-8,11-12,14,16H,9-10H2,1-2H3,(H2,18,19,20)/t12-,14+,16-/m0/s1. The quantitative estimate of drug-likeness (QED) is 0.647. The first-order chi connectivity index (χ1) is 9.61. The van der Waals surface area contributed by atoms with Gasteiger partial charge in [0.25, 0.3) is 0 Å². The van der Waals surface area contributed by atoms with E-state index in [0.717, 1.165) is 16.7 Å². The third kappa shape index (κ3) is 2.88. The zero-order valence-electron chi connectivity index (χ0n) is 12.1. The van der Waals surface area contributed by atoms with Gasteiger partial charge in [0.2, 0.25) is 0 Å². The lowest BCUT2D eigenvalue weighted by Crippen LogP contribution is -2.40. The largest absolute Gasteiger partial charge is 0.359 e. The highest BCUT2D eigenvalue weighted by Gasteiger charge is 2.35. The summed E-state index contributed by atoms with van der Waals surface area (Å²) in [5, 5.41) is 7.50. The van der Waals surface area contributed by atoms with Crippen LogP contribution in [0.5, 0.6) is 0 Å². The normalized spacial score (nSPS) is 27.1. The molecule has 1 fully saturated rings. The fourth-order valence-corrected chi connectivity index (χ4v) is 3.50. The predicted octanol–water partition coefficient (Wildman–Crippen LogP) is 4.06. The average Bonchev–Trinajstić information content (AvgIpc) is 3.01. The Labute approximate surface area is 126 Å². The molecule has 3 atom stereocenters. The van der Waals surface area contributed by atoms with Gasteiger partial charge in [-0.1, -0.05) is 38.1 Å². The fraction of sp³-hybridized carbons (Fsp3) is 0.471. The minimum Gasteiger partial charge on any atom is -0.359 e. The molecule has 0 aromatic heterocycles. The van der Waals surface area contributed by atoms with Crippen LogP contribution in [0, 0.1) is 11.8 Å². The van der Waals surface area contributed by atoms with E-state index in [0.29, 0.717) is 17.9 Å². The van der Waals surface area contributed by atoms with Gasteiger partial charge in [-0.05, 0) is 60.5 Å². The van der Waals surface area contributed by atoms with Crippen LogP contribution < -0.4 is 10.6 Å². The van der Waals surface area contributed by atoms with Crippen LogP contribution in [0.15, 0.2) is 36.4 Å². The summed E-state index contributed by atoms with van der Waals surface area (Å²) in [6, 6.07) is 9.04. The number of hydrogen-bond acceptors (Lipinski definition) is 1. The molecule has 1 aromatic carbocycles. The van der Waals surface area contributed by atoms with E-state index in [4.69, 9.17) is 12.2 Å². The molecular formula is C17H22N2S. The highest BCUT2D eigenvalue weighted by atomic mass is 32.1. The molecule has 2 aliphatic rings. The Balaban J connectivity index is 1.55. The maximum absolute atomic E-state index is 5.43. The molecule has 0 radical (unpaired) electrons. The molecule has 2 N–H and O–H groups in total. The molecular weight excluding hydrogens is 264 g/mol. The second-order valence-electron chi connectivity index (χ2n) is 6.26. The molecule has 0 saturated heterocycles. The summed E-state index contributed by atoms with van der Waals surface area (Å²) in [6.45, 7) is 4.41. The van der Waals surface area contributed by atoms with E-state index in [1.165, 1.54) is 18.4 Å². The van der Waals surface area contributed by atoms with Crippen molar-refractivity contribution in [2.45, 2.75) is 38.6 Å². The summed E-state index contributed by atoms with van der Waals surface area (Å²) < 4.78 is 0. The molecule has 0 amide bonds. The smallest absolute Gasteiger partial charge is 0.171 e. The van der Waals surface area contributed by atoms with Gasteiger partial charge in [-0.15, -0.1) is 0 Å². The monoisotopic (exact) mass is 286 g/mol. The van der Waals surface area contributed by atoms with Crippen molar-refractivity contribution in [3.63, 3.8) is 0 Å². The molecule has 0 heterocycles. The number of hydrogen-bond donors (Lipinski definition) is 2. The highest BCUT2D eigenvalue weighted by Crippen LogP contribution is 2.38. The van der Waals surface area contributed by atoms with Crippen LogP contribution in [-0.4, -0.2) is 11.2 Å². The average molecular weight is 286 g/mol. The predicted molar refractivity (Wildman–Crippen MR) is 89.0 cm³/mol. The lowest BCUT2D eigenvalue weighted by Gasteiger charge is -2.22. The van der Waals surface area contributed by atoms with E-state index in [1.807, 2.05) is 0 Å². The minimum atomic E-state index is 0.514. The summed E-state index contributed by atoms with van der Waals surface area (Å²) in [5.74, 6) is 2.00. The van der Waals surface area contributed by atoms with Crippen molar-refractivity contribution in [2.75, 3.05) is 5.32 Å². The summed E-state index contributed by atoms with van der Waals surface area (Å²) >= 11 is 5.43. The summed E-state index contributed by atoms with van der Waals surface area (Å²) in [4.78, 5) is 0. The van der Waals surface area contributed by atoms with Crippen molar-refractivity contribution in [3.8, 4) is 0 Å². The van der Waals surface area contributed by atoms with Crippen LogP contribution in [0.25, 0.3) is 0 Å². The molecule has 3 rings (SSSR count). The van der Waals surface area contributed by atoms with Gasteiger partial charge in [0.1, 0.15) is 0 Å². The van der Waals surface area contributed by atoms with E-state index in [1.54, 1.807) is 0 Å². The lowest BCUT2D eigenvalue weighted by atomic mass is 10.0. The van der Waals surface area contributed by atoms with Crippen molar-refractivity contribution in [2.24, 2.45) is 11.8 Å². The second kappa shape index (κ2) is 5.57. The summed E-state index contributed by atoms with van der Waals surface area (Å²) in [6.07, 6.45) is 7.20. The maximum atomic E-state index is 5.43. The van der Waals surface area contributed by atoms with Gasteiger partial charge in [0.05, 0.1) is 0 Å². The maximum Gasteiger partial charge on any atom is 0.171 e. The number of thiocarbonyl (C=S) groups is 1. The van der Waals surface area contributed by atoms with Crippen molar-refractivity contribution in [1.82, 2.24) is 5.32 Å². The van der Waals surface area contributed by atoms with Crippen LogP contribution in [0.1, 0.15) is 38.2 Å². The minimum absolute atomic E-state index is 0.514. The SMILES string of the molecule is CC(C)c1ccc(NC(=S)N[C@H]2C[C@H]3C=C[C@@H]2C3)cc1. The number of benzene rings is 1. The summed E-state index contributed by atoms with van der Waals surface area (Å²) in [7, 11) is 0. The van der Waals surface area contributed by atoms with E-state index in [-0.39, 0.29) is 0 Å². The molecule has 20 heavy (non-hydrogen) atoms. The van der Waals surface area contributed by atoms with Gasteiger partial charge < -0.3 is 10.6 Å². The first-order valence-electron chi connectivity index (χ1n) is 7.47. The second-order valence-corrected chi connectivity index (χ2v) is 6.67. The van der Waals surface area contributed by atoms with E-state index in [2.05, 4.69) is 60.9 Å². The Morgan fingerprint density at radius 2 is 1.90 bits per heavy atom. The van der Waals surface area contributed by atoms with E-state index < -0.39 is 0 Å². The first kappa shape index (κ1) is 13.6. The van der Waals surface area contributed by atoms with Gasteiger partial charge in [-0.3, -0.25) is 0 Å². The molecule has 2 nitrogen and oxygen atoms in total. The molecule has 106 valence electrons. The first-order valence-corrected chi connectivity index (χ1v) is 7.88. The molecule has 0 unspecified atom stereocenters. The lowest BCUT2D eigenvalue weighted by molar-refractivity contribution is 0.526. The molecule has 0 spiro atoms. The molecule has 0 aliphatic heterocycles. The van der Waals surface area contributed by atoms with E-state index >= 15 is 0 Å². The highest BCUT2D eigenvalue weighted by molar-refractivity contribution is 7.80. The van der Waals surface area contributed by atoms with Gasteiger partial charge in [0, 0.05) is 11.7 Å². The Kier molecular flexibility index (Phi) is 3.79. The van der Waals surface area contributed by atoms with Gasteiger partial charge in [-0.25, -0.2) is 0 Å². The zero-order valence-corrected chi connectivity index (χ0v) is 12.9. The molecule has 1 aromatic rings. The van der Waals surface area contributed by atoms with E-state index in [9.17, 15) is 0 Å². The fourth-order valence-electron chi connectivity index (χ4n) is 3.23. The topological polar surface area (TPSA) is 24.1 Å². The van der Waals surface area contributed by atoms with Crippen molar-refractivity contribution in [1.29, 1.82) is 0 Å². The van der Waals surface area contributed by atoms with Crippen LogP contribution in [0.2, 0.25) is 0 Å². The van der Waals surface area contributed by atoms with Crippen molar-refractivity contribution >= 4 is 23.0 Å². The number of anilines is 1.